The fourth-order valence-corrected chi connectivity index (χ4v) is 1.91. The van der Waals surface area contributed by atoms with Crippen molar-refractivity contribution in [1.82, 2.24) is 9.80 Å². The van der Waals surface area contributed by atoms with Crippen LogP contribution in [0.25, 0.3) is 0 Å². The second kappa shape index (κ2) is 5.84. The Morgan fingerprint density at radius 1 is 1.45 bits per heavy atom. The molecule has 0 aliphatic carbocycles. The van der Waals surface area contributed by atoms with Crippen molar-refractivity contribution >= 4 is 5.78 Å². The minimum Gasteiger partial charge on any atom is -0.510 e. The number of aliphatic hydroxyl groups is 2. The molecule has 1 heterocycles. The summed E-state index contributed by atoms with van der Waals surface area (Å²) in [6.45, 7) is 0.198. The lowest BCUT2D eigenvalue weighted by molar-refractivity contribution is -0.196. The maximum atomic E-state index is 12.7. The summed E-state index contributed by atoms with van der Waals surface area (Å²) < 4.78 is 38.0. The molecule has 1 rings (SSSR count). The van der Waals surface area contributed by atoms with Gasteiger partial charge in [-0.1, -0.05) is 0 Å². The first-order chi connectivity index (χ1) is 9.04. The number of ketones is 1. The molecule has 0 fully saturated rings. The van der Waals surface area contributed by atoms with Gasteiger partial charge in [0, 0.05) is 25.4 Å². The number of halogens is 3. The van der Waals surface area contributed by atoms with Crippen LogP contribution in [-0.4, -0.2) is 65.8 Å². The van der Waals surface area contributed by atoms with Crippen molar-refractivity contribution in [1.29, 1.82) is 0 Å². The lowest BCUT2D eigenvalue weighted by Crippen LogP contribution is -2.39. The largest absolute Gasteiger partial charge is 0.510 e. The van der Waals surface area contributed by atoms with Gasteiger partial charge in [0.15, 0.2) is 11.9 Å². The van der Waals surface area contributed by atoms with Crippen LogP contribution in [0.15, 0.2) is 23.2 Å². The van der Waals surface area contributed by atoms with Gasteiger partial charge >= 0.3 is 6.18 Å². The highest BCUT2D eigenvalue weighted by atomic mass is 19.4. The Morgan fingerprint density at radius 3 is 2.45 bits per heavy atom. The monoisotopic (exact) mass is 294 g/mol. The molecule has 1 atom stereocenters. The molecular weight excluding hydrogens is 277 g/mol. The van der Waals surface area contributed by atoms with Gasteiger partial charge in [0.05, 0.1) is 12.1 Å². The summed E-state index contributed by atoms with van der Waals surface area (Å²) in [5, 5.41) is 19.1. The van der Waals surface area contributed by atoms with Crippen LogP contribution in [-0.2, 0) is 4.79 Å². The normalized spacial score (nSPS) is 19.3. The van der Waals surface area contributed by atoms with Gasteiger partial charge in [0.25, 0.3) is 0 Å². The Morgan fingerprint density at radius 2 is 2.00 bits per heavy atom. The standard InChI is InChI=1S/C12H17F3N2O3/c1-16(2)6-7-4-8(18)5-9(19)10(17(7)3)11(20)12(13,14)15/h4,11,19-20H,5-6H2,1-3H3. The molecule has 114 valence electrons. The second-order valence-corrected chi connectivity index (χ2v) is 4.85. The zero-order valence-corrected chi connectivity index (χ0v) is 11.4. The average Bonchev–Trinajstić information content (AvgIpc) is 2.34. The van der Waals surface area contributed by atoms with E-state index in [9.17, 15) is 28.2 Å². The van der Waals surface area contributed by atoms with Crippen molar-refractivity contribution in [3.8, 4) is 0 Å². The molecule has 0 radical (unpaired) electrons. The number of aliphatic hydroxyl groups excluding tert-OH is 2. The van der Waals surface area contributed by atoms with Gasteiger partial charge in [-0.05, 0) is 14.1 Å². The number of hydrogen-bond donors (Lipinski definition) is 2. The molecule has 0 aromatic carbocycles. The first kappa shape index (κ1) is 16.5. The number of hydrogen-bond acceptors (Lipinski definition) is 5. The molecule has 1 aliphatic heterocycles. The minimum atomic E-state index is -4.92. The third kappa shape index (κ3) is 3.73. The van der Waals surface area contributed by atoms with Gasteiger partial charge < -0.3 is 20.0 Å². The number of nitrogens with zero attached hydrogens (tertiary/aromatic N) is 2. The average molecular weight is 294 g/mol. The van der Waals surface area contributed by atoms with Crippen LogP contribution in [0.3, 0.4) is 0 Å². The molecule has 1 unspecified atom stereocenters. The summed E-state index contributed by atoms with van der Waals surface area (Å²) in [6.07, 6.45) is -7.16. The van der Waals surface area contributed by atoms with E-state index in [0.29, 0.717) is 0 Å². The van der Waals surface area contributed by atoms with Gasteiger partial charge in [-0.3, -0.25) is 4.79 Å². The highest BCUT2D eigenvalue weighted by Crippen LogP contribution is 2.32. The van der Waals surface area contributed by atoms with Crippen LogP contribution < -0.4 is 0 Å². The highest BCUT2D eigenvalue weighted by Gasteiger charge is 2.44. The molecule has 0 saturated carbocycles. The smallest absolute Gasteiger partial charge is 0.420 e. The van der Waals surface area contributed by atoms with E-state index < -0.39 is 35.9 Å². The number of carbonyl (C=O) groups excluding carboxylic acids is 1. The summed E-state index contributed by atoms with van der Waals surface area (Å²) in [5.74, 6) is -1.29. The molecule has 2 N–H and O–H groups in total. The number of rotatable bonds is 3. The van der Waals surface area contributed by atoms with E-state index in [4.69, 9.17) is 0 Å². The van der Waals surface area contributed by atoms with Crippen LogP contribution in [0.2, 0.25) is 0 Å². The van der Waals surface area contributed by atoms with Crippen molar-refractivity contribution in [3.63, 3.8) is 0 Å². The molecule has 5 nitrogen and oxygen atoms in total. The fraction of sp³-hybridized carbons (Fsp3) is 0.583. The lowest BCUT2D eigenvalue weighted by atomic mass is 10.1. The lowest BCUT2D eigenvalue weighted by Gasteiger charge is -2.30. The number of alkyl halides is 3. The maximum Gasteiger partial charge on any atom is 0.420 e. The molecular formula is C12H17F3N2O3. The topological polar surface area (TPSA) is 64.0 Å². The van der Waals surface area contributed by atoms with Gasteiger partial charge in [0.2, 0.25) is 0 Å². The summed E-state index contributed by atoms with van der Waals surface area (Å²) in [6, 6.07) is 0. The van der Waals surface area contributed by atoms with Crippen LogP contribution in [0.4, 0.5) is 13.2 Å². The van der Waals surface area contributed by atoms with Crippen molar-refractivity contribution < 1.29 is 28.2 Å². The van der Waals surface area contributed by atoms with Gasteiger partial charge in [-0.25, -0.2) is 0 Å². The molecule has 20 heavy (non-hydrogen) atoms. The van der Waals surface area contributed by atoms with Crippen LogP contribution >= 0.6 is 0 Å². The van der Waals surface area contributed by atoms with E-state index in [1.807, 2.05) is 0 Å². The highest BCUT2D eigenvalue weighted by molar-refractivity contribution is 5.92. The van der Waals surface area contributed by atoms with Crippen molar-refractivity contribution in [3.05, 3.63) is 23.2 Å². The van der Waals surface area contributed by atoms with Crippen molar-refractivity contribution in [2.45, 2.75) is 18.7 Å². The van der Waals surface area contributed by atoms with Gasteiger partial charge in [-0.15, -0.1) is 0 Å². The first-order valence-electron chi connectivity index (χ1n) is 5.82. The Hall–Kier alpha value is -1.54. The molecule has 0 aromatic rings. The predicted molar refractivity (Wildman–Crippen MR) is 65.7 cm³/mol. The van der Waals surface area contributed by atoms with Gasteiger partial charge in [-0.2, -0.15) is 13.2 Å². The Kier molecular flexibility index (Phi) is 4.82. The van der Waals surface area contributed by atoms with Crippen molar-refractivity contribution in [2.75, 3.05) is 27.7 Å². The number of allylic oxidation sites excluding steroid dienone is 2. The van der Waals surface area contributed by atoms with E-state index in [1.165, 1.54) is 13.1 Å². The summed E-state index contributed by atoms with van der Waals surface area (Å²) in [4.78, 5) is 14.2. The first-order valence-corrected chi connectivity index (χ1v) is 5.82. The zero-order valence-electron chi connectivity index (χ0n) is 11.4. The Balaban J connectivity index is 3.24. The van der Waals surface area contributed by atoms with Crippen LogP contribution in [0.5, 0.6) is 0 Å². The van der Waals surface area contributed by atoms with Gasteiger partial charge in [0.1, 0.15) is 5.76 Å². The summed E-state index contributed by atoms with van der Waals surface area (Å²) in [7, 11) is 4.65. The Labute approximate surface area is 114 Å². The van der Waals surface area contributed by atoms with Crippen LogP contribution in [0.1, 0.15) is 6.42 Å². The van der Waals surface area contributed by atoms with Crippen LogP contribution in [0, 0.1) is 0 Å². The van der Waals surface area contributed by atoms with E-state index in [-0.39, 0.29) is 12.2 Å². The number of carbonyl (C=O) groups is 1. The number of likely N-dealkylation sites (N-methyl/N-ethyl adjacent to an activating group) is 2. The predicted octanol–water partition coefficient (Wildman–Crippen LogP) is 1.03. The van der Waals surface area contributed by atoms with E-state index >= 15 is 0 Å². The van der Waals surface area contributed by atoms with E-state index in [0.717, 1.165) is 4.90 Å². The zero-order chi connectivity index (χ0) is 15.7. The van der Waals surface area contributed by atoms with E-state index in [1.54, 1.807) is 19.0 Å². The molecule has 0 amide bonds. The third-order valence-electron chi connectivity index (χ3n) is 2.80. The SMILES string of the molecule is CN(C)CC1=CC(=O)CC(O)=C(C(O)C(F)(F)F)N1C. The van der Waals surface area contributed by atoms with E-state index in [2.05, 4.69) is 0 Å². The molecule has 0 bridgehead atoms. The molecule has 8 heteroatoms. The quantitative estimate of drug-likeness (QED) is 0.814. The third-order valence-corrected chi connectivity index (χ3v) is 2.80. The molecule has 0 aromatic heterocycles. The van der Waals surface area contributed by atoms with Crippen molar-refractivity contribution in [2.24, 2.45) is 0 Å². The molecule has 1 aliphatic rings. The second-order valence-electron chi connectivity index (χ2n) is 4.85. The molecule has 0 saturated heterocycles. The molecule has 0 spiro atoms. The maximum absolute atomic E-state index is 12.7. The Bertz CT molecular complexity index is 455. The minimum absolute atomic E-state index is 0.198. The summed E-state index contributed by atoms with van der Waals surface area (Å²) >= 11 is 0. The fourth-order valence-electron chi connectivity index (χ4n) is 1.91. The summed E-state index contributed by atoms with van der Waals surface area (Å²) in [5.41, 5.74) is -0.446.